The van der Waals surface area contributed by atoms with E-state index in [0.717, 1.165) is 16.7 Å². The molecule has 2 aromatic rings. The van der Waals surface area contributed by atoms with Gasteiger partial charge in [-0.2, -0.15) is 0 Å². The molecule has 0 saturated heterocycles. The largest absolute Gasteiger partial charge is 0.461 e. The van der Waals surface area contributed by atoms with Gasteiger partial charge in [0.15, 0.2) is 0 Å². The Balaban J connectivity index is 2.26. The van der Waals surface area contributed by atoms with Crippen LogP contribution in [0.3, 0.4) is 0 Å². The molecule has 2 rings (SSSR count). The Morgan fingerprint density at radius 3 is 2.83 bits per heavy atom. The average molecular weight is 312 g/mol. The van der Waals surface area contributed by atoms with Crippen molar-refractivity contribution in [3.63, 3.8) is 0 Å². The minimum atomic E-state index is -0.277. The first-order chi connectivity index (χ1) is 8.60. The van der Waals surface area contributed by atoms with Crippen LogP contribution >= 0.6 is 15.9 Å². The molecule has 1 heterocycles. The Morgan fingerprint density at radius 1 is 1.33 bits per heavy atom. The molecule has 1 unspecified atom stereocenters. The first kappa shape index (κ1) is 13.3. The van der Waals surface area contributed by atoms with Gasteiger partial charge in [-0.25, -0.2) is 4.39 Å². The lowest BCUT2D eigenvalue weighted by molar-refractivity contribution is 0.479. The second-order valence-electron chi connectivity index (χ2n) is 4.28. The topological polar surface area (TPSA) is 25.2 Å². The summed E-state index contributed by atoms with van der Waals surface area (Å²) in [6.07, 6.45) is 0.784. The van der Waals surface area contributed by atoms with Gasteiger partial charge in [0.1, 0.15) is 17.3 Å². The van der Waals surface area contributed by atoms with Crippen LogP contribution in [0.4, 0.5) is 4.39 Å². The minimum absolute atomic E-state index is 0.277. The Hall–Kier alpha value is -1.13. The number of likely N-dealkylation sites (N-methyl/N-ethyl adjacent to an activating group) is 1. The molecule has 0 fully saturated rings. The maximum Gasteiger partial charge on any atom is 0.137 e. The quantitative estimate of drug-likeness (QED) is 0.923. The van der Waals surface area contributed by atoms with E-state index in [1.54, 1.807) is 12.1 Å². The van der Waals surface area contributed by atoms with Gasteiger partial charge in [-0.05, 0) is 44.3 Å². The highest BCUT2D eigenvalue weighted by atomic mass is 79.9. The van der Waals surface area contributed by atoms with Crippen molar-refractivity contribution in [1.29, 1.82) is 0 Å². The third-order valence-electron chi connectivity index (χ3n) is 2.86. The Bertz CT molecular complexity index is 538. The summed E-state index contributed by atoms with van der Waals surface area (Å²) < 4.78 is 20.2. The lowest BCUT2D eigenvalue weighted by Gasteiger charge is -2.07. The highest BCUT2D eigenvalue weighted by molar-refractivity contribution is 9.10. The number of furan rings is 1. The van der Waals surface area contributed by atoms with E-state index in [0.29, 0.717) is 17.4 Å². The zero-order valence-electron chi connectivity index (χ0n) is 10.3. The molecule has 0 spiro atoms. The first-order valence-electron chi connectivity index (χ1n) is 5.81. The molecule has 0 bridgehead atoms. The number of rotatable bonds is 4. The van der Waals surface area contributed by atoms with Crippen molar-refractivity contribution in [3.05, 3.63) is 46.4 Å². The van der Waals surface area contributed by atoms with Crippen molar-refractivity contribution in [2.24, 2.45) is 0 Å². The molecule has 2 nitrogen and oxygen atoms in total. The molecule has 96 valence electrons. The summed E-state index contributed by atoms with van der Waals surface area (Å²) in [6, 6.07) is 8.85. The van der Waals surface area contributed by atoms with Gasteiger partial charge >= 0.3 is 0 Å². The molecule has 18 heavy (non-hydrogen) atoms. The van der Waals surface area contributed by atoms with Crippen LogP contribution in [0.15, 0.2) is 39.2 Å². The molecule has 0 saturated carbocycles. The van der Waals surface area contributed by atoms with Crippen LogP contribution in [0, 0.1) is 5.82 Å². The van der Waals surface area contributed by atoms with Gasteiger partial charge in [-0.3, -0.25) is 0 Å². The van der Waals surface area contributed by atoms with E-state index in [9.17, 15) is 4.39 Å². The van der Waals surface area contributed by atoms with E-state index in [-0.39, 0.29) is 5.82 Å². The summed E-state index contributed by atoms with van der Waals surface area (Å²) >= 11 is 3.33. The zero-order chi connectivity index (χ0) is 13.1. The first-order valence-corrected chi connectivity index (χ1v) is 6.61. The second-order valence-corrected chi connectivity index (χ2v) is 5.20. The van der Waals surface area contributed by atoms with E-state index < -0.39 is 0 Å². The molecule has 1 aromatic heterocycles. The molecule has 1 atom stereocenters. The van der Waals surface area contributed by atoms with E-state index in [4.69, 9.17) is 4.42 Å². The normalized spacial score (nSPS) is 12.7. The van der Waals surface area contributed by atoms with Crippen molar-refractivity contribution in [3.8, 4) is 11.3 Å². The van der Waals surface area contributed by atoms with Crippen molar-refractivity contribution in [2.75, 3.05) is 7.05 Å². The zero-order valence-corrected chi connectivity index (χ0v) is 11.9. The Morgan fingerprint density at radius 2 is 2.11 bits per heavy atom. The van der Waals surface area contributed by atoms with Crippen LogP contribution in [0.2, 0.25) is 0 Å². The summed E-state index contributed by atoms with van der Waals surface area (Å²) in [5, 5.41) is 3.14. The van der Waals surface area contributed by atoms with Gasteiger partial charge < -0.3 is 9.73 Å². The van der Waals surface area contributed by atoms with Gasteiger partial charge in [-0.1, -0.05) is 15.9 Å². The van der Waals surface area contributed by atoms with Crippen LogP contribution in [0.25, 0.3) is 11.3 Å². The summed E-state index contributed by atoms with van der Waals surface area (Å²) in [5.74, 6) is 1.14. The molecule has 1 aromatic carbocycles. The van der Waals surface area contributed by atoms with Crippen molar-refractivity contribution < 1.29 is 8.81 Å². The standard InChI is InChI=1S/C14H15BrFNO/c1-9(17-2)7-11-4-6-14(18-11)12-8-10(15)3-5-13(12)16/h3-6,8-9,17H,7H2,1-2H3. The minimum Gasteiger partial charge on any atom is -0.461 e. The lowest BCUT2D eigenvalue weighted by atomic mass is 10.1. The van der Waals surface area contributed by atoms with Gasteiger partial charge in [0, 0.05) is 16.9 Å². The predicted molar refractivity (Wildman–Crippen MR) is 74.0 cm³/mol. The average Bonchev–Trinajstić information content (AvgIpc) is 2.80. The van der Waals surface area contributed by atoms with Crippen molar-refractivity contribution in [2.45, 2.75) is 19.4 Å². The fourth-order valence-corrected chi connectivity index (χ4v) is 2.08. The molecular weight excluding hydrogens is 297 g/mol. The third kappa shape index (κ3) is 3.00. The lowest BCUT2D eigenvalue weighted by Crippen LogP contribution is -2.23. The van der Waals surface area contributed by atoms with Gasteiger partial charge in [0.25, 0.3) is 0 Å². The predicted octanol–water partition coefficient (Wildman–Crippen LogP) is 4.00. The van der Waals surface area contributed by atoms with Gasteiger partial charge in [0.05, 0.1) is 5.56 Å². The summed E-state index contributed by atoms with van der Waals surface area (Å²) in [7, 11) is 1.91. The Kier molecular flexibility index (Phi) is 4.19. The summed E-state index contributed by atoms with van der Waals surface area (Å²) in [5.41, 5.74) is 0.479. The fourth-order valence-electron chi connectivity index (χ4n) is 1.72. The number of nitrogens with one attached hydrogen (secondary N) is 1. The highest BCUT2D eigenvalue weighted by Gasteiger charge is 2.11. The van der Waals surface area contributed by atoms with E-state index >= 15 is 0 Å². The van der Waals surface area contributed by atoms with Crippen LogP contribution in [-0.4, -0.2) is 13.1 Å². The maximum absolute atomic E-state index is 13.7. The number of hydrogen-bond acceptors (Lipinski definition) is 2. The highest BCUT2D eigenvalue weighted by Crippen LogP contribution is 2.28. The van der Waals surface area contributed by atoms with Crippen LogP contribution in [0.1, 0.15) is 12.7 Å². The third-order valence-corrected chi connectivity index (χ3v) is 3.35. The molecule has 1 N–H and O–H groups in total. The number of benzene rings is 1. The summed E-state index contributed by atoms with van der Waals surface area (Å²) in [4.78, 5) is 0. The molecule has 0 amide bonds. The number of halogens is 2. The molecule has 0 aliphatic heterocycles. The van der Waals surface area contributed by atoms with E-state index in [2.05, 4.69) is 28.2 Å². The van der Waals surface area contributed by atoms with Crippen LogP contribution in [0.5, 0.6) is 0 Å². The smallest absolute Gasteiger partial charge is 0.137 e. The van der Waals surface area contributed by atoms with Crippen molar-refractivity contribution >= 4 is 15.9 Å². The van der Waals surface area contributed by atoms with Crippen LogP contribution < -0.4 is 5.32 Å². The molecule has 4 heteroatoms. The molecular formula is C14H15BrFNO. The van der Waals surface area contributed by atoms with E-state index in [1.807, 2.05) is 19.2 Å². The van der Waals surface area contributed by atoms with Gasteiger partial charge in [-0.15, -0.1) is 0 Å². The molecule has 0 radical (unpaired) electrons. The summed E-state index contributed by atoms with van der Waals surface area (Å²) in [6.45, 7) is 2.07. The Labute approximate surface area is 114 Å². The number of hydrogen-bond donors (Lipinski definition) is 1. The molecule has 0 aliphatic carbocycles. The van der Waals surface area contributed by atoms with Crippen LogP contribution in [-0.2, 0) is 6.42 Å². The molecule has 0 aliphatic rings. The SMILES string of the molecule is CNC(C)Cc1ccc(-c2cc(Br)ccc2F)o1. The monoisotopic (exact) mass is 311 g/mol. The fraction of sp³-hybridized carbons (Fsp3) is 0.286. The van der Waals surface area contributed by atoms with Gasteiger partial charge in [0.2, 0.25) is 0 Å². The van der Waals surface area contributed by atoms with Crippen molar-refractivity contribution in [1.82, 2.24) is 5.32 Å². The second kappa shape index (κ2) is 5.67. The van der Waals surface area contributed by atoms with E-state index in [1.165, 1.54) is 6.07 Å². The maximum atomic E-state index is 13.7.